The van der Waals surface area contributed by atoms with E-state index < -0.39 is 11.9 Å². The highest BCUT2D eigenvalue weighted by Gasteiger charge is 2.45. The third-order valence-electron chi connectivity index (χ3n) is 4.29. The smallest absolute Gasteiger partial charge is 0.330 e. The van der Waals surface area contributed by atoms with Crippen LogP contribution in [-0.2, 0) is 4.74 Å². The SMILES string of the molecule is Cc1cn([C@@H]2O[C@H](CO)[C@H]3CC=CCC23)c(=O)[nH]c1=O. The van der Waals surface area contributed by atoms with Crippen molar-refractivity contribution in [2.24, 2.45) is 11.8 Å². The molecule has 3 rings (SSSR count). The molecule has 1 aromatic heterocycles. The van der Waals surface area contributed by atoms with Crippen LogP contribution in [0, 0.1) is 18.8 Å². The summed E-state index contributed by atoms with van der Waals surface area (Å²) in [6, 6.07) is 0. The Kier molecular flexibility index (Phi) is 3.35. The van der Waals surface area contributed by atoms with E-state index in [2.05, 4.69) is 17.1 Å². The monoisotopic (exact) mass is 278 g/mol. The molecule has 0 radical (unpaired) electrons. The van der Waals surface area contributed by atoms with Gasteiger partial charge in [0.25, 0.3) is 5.56 Å². The van der Waals surface area contributed by atoms with Crippen molar-refractivity contribution in [3.8, 4) is 0 Å². The molecule has 0 saturated carbocycles. The van der Waals surface area contributed by atoms with Gasteiger partial charge in [-0.15, -0.1) is 0 Å². The van der Waals surface area contributed by atoms with Crippen molar-refractivity contribution in [1.29, 1.82) is 0 Å². The minimum atomic E-state index is -0.461. The molecule has 20 heavy (non-hydrogen) atoms. The fraction of sp³-hybridized carbons (Fsp3) is 0.571. The van der Waals surface area contributed by atoms with E-state index in [1.165, 1.54) is 4.57 Å². The van der Waals surface area contributed by atoms with E-state index >= 15 is 0 Å². The van der Waals surface area contributed by atoms with Gasteiger partial charge in [0.05, 0.1) is 12.7 Å². The van der Waals surface area contributed by atoms with Gasteiger partial charge < -0.3 is 9.84 Å². The van der Waals surface area contributed by atoms with Crippen LogP contribution in [0.4, 0.5) is 0 Å². The van der Waals surface area contributed by atoms with Gasteiger partial charge in [-0.05, 0) is 25.7 Å². The van der Waals surface area contributed by atoms with E-state index in [0.29, 0.717) is 5.56 Å². The van der Waals surface area contributed by atoms with Crippen LogP contribution < -0.4 is 11.2 Å². The molecular formula is C14H18N2O4. The van der Waals surface area contributed by atoms with Gasteiger partial charge >= 0.3 is 5.69 Å². The molecule has 1 aliphatic heterocycles. The number of aliphatic hydroxyl groups excluding tert-OH is 1. The maximum atomic E-state index is 12.0. The summed E-state index contributed by atoms with van der Waals surface area (Å²) in [6.45, 7) is 1.61. The van der Waals surface area contributed by atoms with Crippen molar-refractivity contribution < 1.29 is 9.84 Å². The first-order valence-electron chi connectivity index (χ1n) is 6.85. The predicted octanol–water partition coefficient (Wildman–Crippen LogP) is 0.317. The highest BCUT2D eigenvalue weighted by atomic mass is 16.5. The van der Waals surface area contributed by atoms with Crippen LogP contribution >= 0.6 is 0 Å². The topological polar surface area (TPSA) is 84.3 Å². The fourth-order valence-corrected chi connectivity index (χ4v) is 3.22. The van der Waals surface area contributed by atoms with Crippen LogP contribution in [0.15, 0.2) is 27.9 Å². The van der Waals surface area contributed by atoms with Gasteiger partial charge in [-0.1, -0.05) is 12.2 Å². The second-order valence-corrected chi connectivity index (χ2v) is 5.50. The van der Waals surface area contributed by atoms with Gasteiger partial charge in [0, 0.05) is 17.7 Å². The van der Waals surface area contributed by atoms with E-state index in [-0.39, 0.29) is 30.1 Å². The van der Waals surface area contributed by atoms with Crippen LogP contribution in [0.5, 0.6) is 0 Å². The number of aromatic amines is 1. The van der Waals surface area contributed by atoms with Gasteiger partial charge in [0.1, 0.15) is 6.23 Å². The van der Waals surface area contributed by atoms with Crippen molar-refractivity contribution in [2.75, 3.05) is 6.61 Å². The van der Waals surface area contributed by atoms with E-state index in [9.17, 15) is 14.7 Å². The lowest BCUT2D eigenvalue weighted by molar-refractivity contribution is -0.0389. The van der Waals surface area contributed by atoms with E-state index in [1.807, 2.05) is 0 Å². The average molecular weight is 278 g/mol. The van der Waals surface area contributed by atoms with Crippen molar-refractivity contribution in [3.63, 3.8) is 0 Å². The molecule has 0 aromatic carbocycles. The van der Waals surface area contributed by atoms with Crippen molar-refractivity contribution in [2.45, 2.75) is 32.1 Å². The number of aliphatic hydroxyl groups is 1. The number of allylic oxidation sites excluding steroid dienone is 2. The molecule has 1 aliphatic carbocycles. The number of H-pyrrole nitrogens is 1. The molecular weight excluding hydrogens is 260 g/mol. The van der Waals surface area contributed by atoms with Gasteiger partial charge in [-0.25, -0.2) is 4.79 Å². The maximum absolute atomic E-state index is 12.0. The Morgan fingerprint density at radius 1 is 1.35 bits per heavy atom. The number of ether oxygens (including phenoxy) is 1. The zero-order valence-electron chi connectivity index (χ0n) is 11.3. The Balaban J connectivity index is 2.02. The zero-order chi connectivity index (χ0) is 14.3. The van der Waals surface area contributed by atoms with Gasteiger partial charge in [0.15, 0.2) is 0 Å². The molecule has 6 heteroatoms. The van der Waals surface area contributed by atoms with Crippen molar-refractivity contribution >= 4 is 0 Å². The first-order chi connectivity index (χ1) is 9.61. The Hall–Kier alpha value is -1.66. The number of fused-ring (bicyclic) bond motifs is 1. The molecule has 2 heterocycles. The molecule has 1 aromatic rings. The summed E-state index contributed by atoms with van der Waals surface area (Å²) >= 11 is 0. The van der Waals surface area contributed by atoms with Crippen LogP contribution in [0.3, 0.4) is 0 Å². The average Bonchev–Trinajstić information content (AvgIpc) is 2.82. The molecule has 1 saturated heterocycles. The standard InChI is InChI=1S/C14H18N2O4/c1-8-6-16(14(19)15-12(8)18)13-10-5-3-2-4-9(10)11(7-17)20-13/h2-3,6,9-11,13,17H,4-5,7H2,1H3,(H,15,18,19)/t9-,10?,11+,13+/m0/s1. The Morgan fingerprint density at radius 2 is 2.05 bits per heavy atom. The van der Waals surface area contributed by atoms with Crippen LogP contribution in [0.25, 0.3) is 0 Å². The minimum Gasteiger partial charge on any atom is -0.394 e. The Morgan fingerprint density at radius 3 is 2.75 bits per heavy atom. The molecule has 4 atom stereocenters. The van der Waals surface area contributed by atoms with Crippen molar-refractivity contribution in [3.05, 3.63) is 44.8 Å². The molecule has 0 bridgehead atoms. The van der Waals surface area contributed by atoms with Gasteiger partial charge in [-0.3, -0.25) is 14.3 Å². The third kappa shape index (κ3) is 2.05. The second-order valence-electron chi connectivity index (χ2n) is 5.50. The number of hydrogen-bond donors (Lipinski definition) is 2. The van der Waals surface area contributed by atoms with E-state index in [1.54, 1.807) is 13.1 Å². The molecule has 1 fully saturated rings. The van der Waals surface area contributed by atoms with Gasteiger partial charge in [-0.2, -0.15) is 0 Å². The predicted molar refractivity (Wildman–Crippen MR) is 72.4 cm³/mol. The zero-order valence-corrected chi connectivity index (χ0v) is 11.3. The Labute approximate surface area is 115 Å². The molecule has 2 aliphatic rings. The number of hydrogen-bond acceptors (Lipinski definition) is 4. The van der Waals surface area contributed by atoms with E-state index in [4.69, 9.17) is 4.74 Å². The number of nitrogens with zero attached hydrogens (tertiary/aromatic N) is 1. The number of nitrogens with one attached hydrogen (secondary N) is 1. The molecule has 108 valence electrons. The fourth-order valence-electron chi connectivity index (χ4n) is 3.22. The van der Waals surface area contributed by atoms with Crippen molar-refractivity contribution in [1.82, 2.24) is 9.55 Å². The molecule has 2 N–H and O–H groups in total. The number of aromatic nitrogens is 2. The lowest BCUT2D eigenvalue weighted by Crippen LogP contribution is -2.35. The first-order valence-corrected chi connectivity index (χ1v) is 6.85. The molecule has 0 amide bonds. The molecule has 1 unspecified atom stereocenters. The lowest BCUT2D eigenvalue weighted by atomic mass is 9.81. The summed E-state index contributed by atoms with van der Waals surface area (Å²) in [5, 5.41) is 9.44. The van der Waals surface area contributed by atoms with Crippen LogP contribution in [-0.4, -0.2) is 27.4 Å². The quantitative estimate of drug-likeness (QED) is 0.763. The van der Waals surface area contributed by atoms with Crippen LogP contribution in [0.2, 0.25) is 0 Å². The summed E-state index contributed by atoms with van der Waals surface area (Å²) in [6.07, 6.45) is 6.71. The summed E-state index contributed by atoms with van der Waals surface area (Å²) in [7, 11) is 0. The molecule has 0 spiro atoms. The number of rotatable bonds is 2. The summed E-state index contributed by atoms with van der Waals surface area (Å²) < 4.78 is 7.32. The van der Waals surface area contributed by atoms with Crippen LogP contribution in [0.1, 0.15) is 24.6 Å². The maximum Gasteiger partial charge on any atom is 0.330 e. The summed E-state index contributed by atoms with van der Waals surface area (Å²) in [5.74, 6) is 0.370. The molecule has 6 nitrogen and oxygen atoms in total. The highest BCUT2D eigenvalue weighted by Crippen LogP contribution is 2.44. The number of aryl methyl sites for hydroxylation is 1. The summed E-state index contributed by atoms with van der Waals surface area (Å²) in [4.78, 5) is 25.7. The van der Waals surface area contributed by atoms with E-state index in [0.717, 1.165) is 12.8 Å². The minimum absolute atomic E-state index is 0.0530. The lowest BCUT2D eigenvalue weighted by Gasteiger charge is -2.25. The summed E-state index contributed by atoms with van der Waals surface area (Å²) in [5.41, 5.74) is -0.357. The normalized spacial score (nSPS) is 32.3. The Bertz CT molecular complexity index is 645. The highest BCUT2D eigenvalue weighted by molar-refractivity contribution is 5.06. The first kappa shape index (κ1) is 13.3. The third-order valence-corrected chi connectivity index (χ3v) is 4.29. The van der Waals surface area contributed by atoms with Gasteiger partial charge in [0.2, 0.25) is 0 Å². The second kappa shape index (κ2) is 5.03. The largest absolute Gasteiger partial charge is 0.394 e.